The molecule has 40 heavy (non-hydrogen) atoms. The second kappa shape index (κ2) is 12.5. The van der Waals surface area contributed by atoms with Crippen molar-refractivity contribution < 1.29 is 27.4 Å². The van der Waals surface area contributed by atoms with Crippen LogP contribution in [0, 0.1) is 0 Å². The number of benzene rings is 1. The summed E-state index contributed by atoms with van der Waals surface area (Å²) in [6, 6.07) is 7.35. The molecule has 0 saturated carbocycles. The molecule has 2 aliphatic rings. The molecule has 13 heteroatoms. The summed E-state index contributed by atoms with van der Waals surface area (Å²) < 4.78 is 49.1. The highest BCUT2D eigenvalue weighted by Crippen LogP contribution is 2.38. The lowest BCUT2D eigenvalue weighted by atomic mass is 9.86. The predicted octanol–water partition coefficient (Wildman–Crippen LogP) is 4.19. The van der Waals surface area contributed by atoms with Crippen molar-refractivity contribution in [1.29, 1.82) is 0 Å². The molecule has 2 aliphatic heterocycles. The maximum Gasteiger partial charge on any atom is 0.390 e. The number of hydrogen-bond donors (Lipinski definition) is 1. The number of piperidine rings is 1. The zero-order chi connectivity index (χ0) is 28.8. The van der Waals surface area contributed by atoms with Gasteiger partial charge in [-0.25, -0.2) is 9.79 Å². The first kappa shape index (κ1) is 29.1. The smallest absolute Gasteiger partial charge is 0.390 e. The summed E-state index contributed by atoms with van der Waals surface area (Å²) in [5.41, 5.74) is 1.64. The molecule has 0 radical (unpaired) electrons. The molecule has 10 nitrogen and oxygen atoms in total. The van der Waals surface area contributed by atoms with Crippen LogP contribution in [-0.2, 0) is 11.3 Å². The Balaban J connectivity index is 1.54. The van der Waals surface area contributed by atoms with Crippen LogP contribution in [-0.4, -0.2) is 103 Å². The van der Waals surface area contributed by atoms with E-state index in [9.17, 15) is 18.0 Å². The summed E-state index contributed by atoms with van der Waals surface area (Å²) in [4.78, 5) is 27.5. The van der Waals surface area contributed by atoms with Gasteiger partial charge in [0.05, 0.1) is 37.9 Å². The summed E-state index contributed by atoms with van der Waals surface area (Å²) >= 11 is 0. The number of aromatic nitrogens is 2. The molecule has 2 aromatic rings. The van der Waals surface area contributed by atoms with Crippen LogP contribution in [0.3, 0.4) is 0 Å². The molecule has 1 spiro atoms. The Bertz CT molecular complexity index is 1220. The number of hydrogen-bond acceptors (Lipinski definition) is 7. The molecule has 0 bridgehead atoms. The first-order chi connectivity index (χ1) is 19.2. The number of urea groups is 1. The van der Waals surface area contributed by atoms with Crippen molar-refractivity contribution in [3.05, 3.63) is 53.7 Å². The SMILES string of the molecule is C=N/C(OC)=C(\C=N/CN1CC2(CCN(CCC(F)(F)F)CC2)N(Cc2cccc(OC)c2)C1=O)c1cn[nH]c1. The molecule has 1 aromatic heterocycles. The summed E-state index contributed by atoms with van der Waals surface area (Å²) in [7, 11) is 3.06. The number of likely N-dealkylation sites (tertiary alicyclic amines) is 1. The number of carbonyl (C=O) groups is 1. The number of carbonyl (C=O) groups excluding carboxylic acids is 1. The van der Waals surface area contributed by atoms with Gasteiger partial charge in [-0.2, -0.15) is 18.3 Å². The zero-order valence-corrected chi connectivity index (χ0v) is 22.7. The number of alkyl halides is 3. The van der Waals surface area contributed by atoms with Crippen LogP contribution in [0.1, 0.15) is 30.4 Å². The number of nitrogens with zero attached hydrogens (tertiary/aromatic N) is 6. The Morgan fingerprint density at radius 2 is 2.05 bits per heavy atom. The molecule has 4 rings (SSSR count). The van der Waals surface area contributed by atoms with E-state index in [0.717, 1.165) is 5.56 Å². The maximum atomic E-state index is 13.7. The van der Waals surface area contributed by atoms with Gasteiger partial charge in [-0.05, 0) is 37.3 Å². The van der Waals surface area contributed by atoms with Crippen molar-refractivity contribution in [3.63, 3.8) is 0 Å². The first-order valence-electron chi connectivity index (χ1n) is 12.9. The lowest BCUT2D eigenvalue weighted by Crippen LogP contribution is -2.54. The van der Waals surface area contributed by atoms with E-state index in [1.54, 1.807) is 30.6 Å². The number of rotatable bonds is 11. The highest BCUT2D eigenvalue weighted by molar-refractivity contribution is 6.10. The Labute approximate surface area is 231 Å². The fourth-order valence-corrected chi connectivity index (χ4v) is 5.23. The standard InChI is InChI=1S/C27H34F3N7O3/c1-31-24(40-3)23(21-14-33-34-15-21)16-32-19-36-18-26(7-10-35(11-8-26)12-9-27(28,29)30)37(25(36)38)17-20-5-4-6-22(13-20)39-2/h4-6,13-16H,1,7-12,17-19H2,2-3H3,(H,33,34)/b24-23-,32-16-. The van der Waals surface area contributed by atoms with Crippen LogP contribution in [0.25, 0.3) is 5.57 Å². The van der Waals surface area contributed by atoms with Crippen molar-refractivity contribution in [2.75, 3.05) is 47.1 Å². The predicted molar refractivity (Wildman–Crippen MR) is 145 cm³/mol. The zero-order valence-electron chi connectivity index (χ0n) is 22.7. The van der Waals surface area contributed by atoms with Gasteiger partial charge in [0.25, 0.3) is 0 Å². The van der Waals surface area contributed by atoms with Gasteiger partial charge in [-0.1, -0.05) is 12.1 Å². The molecule has 0 unspecified atom stereocenters. The number of allylic oxidation sites excluding steroid dienone is 1. The second-order valence-corrected chi connectivity index (χ2v) is 9.87. The van der Waals surface area contributed by atoms with Crippen LogP contribution in [0.5, 0.6) is 5.75 Å². The number of halogens is 3. The van der Waals surface area contributed by atoms with Gasteiger partial charge >= 0.3 is 12.2 Å². The van der Waals surface area contributed by atoms with Crippen molar-refractivity contribution in [3.8, 4) is 5.75 Å². The van der Waals surface area contributed by atoms with Gasteiger partial charge in [-0.3, -0.25) is 10.1 Å². The Kier molecular flexibility index (Phi) is 9.13. The summed E-state index contributed by atoms with van der Waals surface area (Å²) in [6.45, 7) is 5.31. The lowest BCUT2D eigenvalue weighted by Gasteiger charge is -2.44. The third-order valence-electron chi connectivity index (χ3n) is 7.38. The van der Waals surface area contributed by atoms with E-state index in [1.165, 1.54) is 7.11 Å². The average molecular weight is 562 g/mol. The van der Waals surface area contributed by atoms with Crippen molar-refractivity contribution in [2.45, 2.75) is 37.5 Å². The Morgan fingerprint density at radius 3 is 2.67 bits per heavy atom. The van der Waals surface area contributed by atoms with E-state index in [2.05, 4.69) is 26.9 Å². The molecular weight excluding hydrogens is 527 g/mol. The lowest BCUT2D eigenvalue weighted by molar-refractivity contribution is -0.139. The molecule has 2 amide bonds. The Hall–Kier alpha value is -3.87. The fourth-order valence-electron chi connectivity index (χ4n) is 5.23. The van der Waals surface area contributed by atoms with Gasteiger partial charge < -0.3 is 24.2 Å². The second-order valence-electron chi connectivity index (χ2n) is 9.87. The summed E-state index contributed by atoms with van der Waals surface area (Å²) in [5.74, 6) is 0.949. The van der Waals surface area contributed by atoms with E-state index >= 15 is 0 Å². The number of nitrogens with one attached hydrogen (secondary N) is 1. The molecule has 1 aromatic carbocycles. The number of H-pyrrole nitrogens is 1. The molecule has 3 heterocycles. The molecular formula is C27H34F3N7O3. The molecule has 0 aliphatic carbocycles. The molecule has 2 fully saturated rings. The summed E-state index contributed by atoms with van der Waals surface area (Å²) in [5, 5.41) is 6.70. The summed E-state index contributed by atoms with van der Waals surface area (Å²) in [6.07, 6.45) is 0.934. The van der Waals surface area contributed by atoms with E-state index in [4.69, 9.17) is 9.47 Å². The van der Waals surface area contributed by atoms with E-state index in [-0.39, 0.29) is 25.1 Å². The first-order valence-corrected chi connectivity index (χ1v) is 12.9. The number of ether oxygens (including phenoxy) is 2. The van der Waals surface area contributed by atoms with Gasteiger partial charge in [-0.15, -0.1) is 0 Å². The molecule has 1 N–H and O–H groups in total. The van der Waals surface area contributed by atoms with Crippen LogP contribution in [0.4, 0.5) is 18.0 Å². The minimum absolute atomic E-state index is 0.0420. The van der Waals surface area contributed by atoms with Gasteiger partial charge in [0.1, 0.15) is 12.4 Å². The van der Waals surface area contributed by atoms with Crippen LogP contribution >= 0.6 is 0 Å². The van der Waals surface area contributed by atoms with E-state index < -0.39 is 18.1 Å². The highest BCUT2D eigenvalue weighted by atomic mass is 19.4. The molecule has 0 atom stereocenters. The quantitative estimate of drug-likeness (QED) is 0.328. The topological polar surface area (TPSA) is 98.7 Å². The van der Waals surface area contributed by atoms with Crippen molar-refractivity contribution in [2.24, 2.45) is 9.98 Å². The van der Waals surface area contributed by atoms with E-state index in [0.29, 0.717) is 55.9 Å². The van der Waals surface area contributed by atoms with Gasteiger partial charge in [0.2, 0.25) is 5.88 Å². The van der Waals surface area contributed by atoms with Crippen LogP contribution in [0.15, 0.2) is 52.5 Å². The van der Waals surface area contributed by atoms with Crippen molar-refractivity contribution in [1.82, 2.24) is 24.9 Å². The average Bonchev–Trinajstić information content (AvgIpc) is 3.56. The number of amides is 2. The number of methoxy groups -OCH3 is 2. The third kappa shape index (κ3) is 6.82. The van der Waals surface area contributed by atoms with Crippen LogP contribution < -0.4 is 4.74 Å². The highest BCUT2D eigenvalue weighted by Gasteiger charge is 2.50. The number of aromatic amines is 1. The minimum Gasteiger partial charge on any atom is -0.497 e. The van der Waals surface area contributed by atoms with E-state index in [1.807, 2.05) is 34.1 Å². The number of aliphatic imine (C=N–C) groups is 2. The van der Waals surface area contributed by atoms with Gasteiger partial charge in [0, 0.05) is 50.7 Å². The minimum atomic E-state index is -4.20. The normalized spacial score (nSPS) is 18.5. The van der Waals surface area contributed by atoms with Crippen molar-refractivity contribution >= 4 is 24.5 Å². The maximum absolute atomic E-state index is 13.7. The Morgan fingerprint density at radius 1 is 1.27 bits per heavy atom. The largest absolute Gasteiger partial charge is 0.497 e. The third-order valence-corrected chi connectivity index (χ3v) is 7.38. The molecule has 216 valence electrons. The fraction of sp³-hybridized carbons (Fsp3) is 0.481. The molecule has 2 saturated heterocycles. The van der Waals surface area contributed by atoms with Crippen LogP contribution in [0.2, 0.25) is 0 Å². The van der Waals surface area contributed by atoms with Gasteiger partial charge in [0.15, 0.2) is 0 Å². The monoisotopic (exact) mass is 561 g/mol.